The average molecular weight is 287 g/mol. The first-order chi connectivity index (χ1) is 10.8. The molecule has 3 rings (SSSR count). The van der Waals surface area contributed by atoms with Crippen molar-refractivity contribution < 1.29 is 0 Å². The molecule has 0 N–H and O–H groups in total. The van der Waals surface area contributed by atoms with Crippen molar-refractivity contribution in [2.24, 2.45) is 17.0 Å². The highest BCUT2D eigenvalue weighted by Crippen LogP contribution is 2.12. The molecule has 22 heavy (non-hydrogen) atoms. The Morgan fingerprint density at radius 2 is 1.32 bits per heavy atom. The van der Waals surface area contributed by atoms with Crippen LogP contribution in [0.25, 0.3) is 0 Å². The molecule has 0 amide bonds. The van der Waals surface area contributed by atoms with E-state index in [1.54, 1.807) is 0 Å². The van der Waals surface area contributed by atoms with Crippen molar-refractivity contribution >= 4 is 23.8 Å². The number of hydrogen-bond donors (Lipinski definition) is 0. The van der Waals surface area contributed by atoms with Crippen LogP contribution >= 0.6 is 0 Å². The molecule has 0 fully saturated rings. The molecule has 108 valence electrons. The van der Waals surface area contributed by atoms with Gasteiger partial charge in [0.2, 0.25) is 0 Å². The van der Waals surface area contributed by atoms with Gasteiger partial charge in [-0.1, -0.05) is 36.4 Å². The summed E-state index contributed by atoms with van der Waals surface area (Å²) < 4.78 is 2.04. The SMILES string of the molecule is Cn1cc(C=Nc2ccccc2)cc1C=Nc1ccccc1. The molecule has 3 nitrogen and oxygen atoms in total. The van der Waals surface area contributed by atoms with Gasteiger partial charge in [-0.3, -0.25) is 9.98 Å². The van der Waals surface area contributed by atoms with E-state index >= 15 is 0 Å². The van der Waals surface area contributed by atoms with E-state index in [0.29, 0.717) is 0 Å². The zero-order valence-corrected chi connectivity index (χ0v) is 12.4. The predicted molar refractivity (Wildman–Crippen MR) is 92.8 cm³/mol. The molecule has 3 aromatic rings. The van der Waals surface area contributed by atoms with Crippen LogP contribution in [0, 0.1) is 0 Å². The normalized spacial score (nSPS) is 11.5. The number of nitrogens with zero attached hydrogens (tertiary/aromatic N) is 3. The van der Waals surface area contributed by atoms with Gasteiger partial charge in [0.25, 0.3) is 0 Å². The first kappa shape index (κ1) is 14.0. The van der Waals surface area contributed by atoms with E-state index in [2.05, 4.69) is 16.1 Å². The minimum atomic E-state index is 0.947. The van der Waals surface area contributed by atoms with Crippen LogP contribution in [0.2, 0.25) is 0 Å². The Bertz CT molecular complexity index is 784. The second-order valence-electron chi connectivity index (χ2n) is 5.00. The summed E-state index contributed by atoms with van der Waals surface area (Å²) in [7, 11) is 2.01. The molecular weight excluding hydrogens is 270 g/mol. The second kappa shape index (κ2) is 6.68. The fraction of sp³-hybridized carbons (Fsp3) is 0.0526. The second-order valence-corrected chi connectivity index (χ2v) is 5.00. The van der Waals surface area contributed by atoms with E-state index in [4.69, 9.17) is 0 Å². The maximum atomic E-state index is 4.48. The van der Waals surface area contributed by atoms with Crippen LogP contribution in [-0.2, 0) is 7.05 Å². The first-order valence-corrected chi connectivity index (χ1v) is 7.16. The fourth-order valence-electron chi connectivity index (χ4n) is 2.12. The third kappa shape index (κ3) is 3.58. The maximum Gasteiger partial charge on any atom is 0.0630 e. The van der Waals surface area contributed by atoms with Crippen LogP contribution in [0.15, 0.2) is 82.9 Å². The van der Waals surface area contributed by atoms with Crippen molar-refractivity contribution in [3.05, 3.63) is 84.2 Å². The molecule has 0 spiro atoms. The van der Waals surface area contributed by atoms with Crippen LogP contribution in [-0.4, -0.2) is 17.0 Å². The zero-order valence-electron chi connectivity index (χ0n) is 12.4. The van der Waals surface area contributed by atoms with Crippen molar-refractivity contribution in [2.75, 3.05) is 0 Å². The molecule has 0 atom stereocenters. The van der Waals surface area contributed by atoms with Crippen LogP contribution in [0.1, 0.15) is 11.3 Å². The highest BCUT2D eigenvalue weighted by atomic mass is 14.9. The Kier molecular flexibility index (Phi) is 4.25. The highest BCUT2D eigenvalue weighted by Gasteiger charge is 1.99. The van der Waals surface area contributed by atoms with E-state index in [1.807, 2.05) is 90.9 Å². The molecule has 0 aliphatic rings. The van der Waals surface area contributed by atoms with Crippen molar-refractivity contribution in [1.29, 1.82) is 0 Å². The summed E-state index contributed by atoms with van der Waals surface area (Å²) in [6.45, 7) is 0. The minimum absolute atomic E-state index is 0.947. The number of para-hydroxylation sites is 2. The van der Waals surface area contributed by atoms with Crippen molar-refractivity contribution in [3.8, 4) is 0 Å². The van der Waals surface area contributed by atoms with Gasteiger partial charge < -0.3 is 4.57 Å². The predicted octanol–water partition coefficient (Wildman–Crippen LogP) is 4.53. The summed E-state index contributed by atoms with van der Waals surface area (Å²) in [5, 5.41) is 0. The number of rotatable bonds is 4. The lowest BCUT2D eigenvalue weighted by Crippen LogP contribution is -1.91. The van der Waals surface area contributed by atoms with Gasteiger partial charge in [-0.15, -0.1) is 0 Å². The highest BCUT2D eigenvalue weighted by molar-refractivity contribution is 5.87. The first-order valence-electron chi connectivity index (χ1n) is 7.16. The quantitative estimate of drug-likeness (QED) is 0.631. The summed E-state index contributed by atoms with van der Waals surface area (Å²) in [5.74, 6) is 0. The van der Waals surface area contributed by atoms with Gasteiger partial charge in [0, 0.05) is 25.0 Å². The molecule has 0 saturated carbocycles. The molecule has 0 radical (unpaired) electrons. The molecule has 2 aromatic carbocycles. The Labute approximate surface area is 130 Å². The Morgan fingerprint density at radius 1 is 0.773 bits per heavy atom. The molecular formula is C19H17N3. The van der Waals surface area contributed by atoms with Crippen LogP contribution in [0.5, 0.6) is 0 Å². The number of aromatic nitrogens is 1. The van der Waals surface area contributed by atoms with Crippen molar-refractivity contribution in [3.63, 3.8) is 0 Å². The van der Waals surface area contributed by atoms with E-state index < -0.39 is 0 Å². The van der Waals surface area contributed by atoms with Gasteiger partial charge in [-0.2, -0.15) is 0 Å². The number of hydrogen-bond acceptors (Lipinski definition) is 2. The van der Waals surface area contributed by atoms with Gasteiger partial charge in [0.1, 0.15) is 0 Å². The summed E-state index contributed by atoms with van der Waals surface area (Å²) in [5.41, 5.74) is 3.99. The Morgan fingerprint density at radius 3 is 1.91 bits per heavy atom. The summed E-state index contributed by atoms with van der Waals surface area (Å²) >= 11 is 0. The van der Waals surface area contributed by atoms with Crippen LogP contribution in [0.4, 0.5) is 11.4 Å². The van der Waals surface area contributed by atoms with E-state index in [-0.39, 0.29) is 0 Å². The van der Waals surface area contributed by atoms with Gasteiger partial charge in [0.05, 0.1) is 23.3 Å². The topological polar surface area (TPSA) is 29.6 Å². The fourth-order valence-corrected chi connectivity index (χ4v) is 2.12. The third-order valence-electron chi connectivity index (χ3n) is 3.29. The lowest BCUT2D eigenvalue weighted by molar-refractivity contribution is 0.918. The molecule has 0 aliphatic carbocycles. The van der Waals surface area contributed by atoms with Crippen LogP contribution in [0.3, 0.4) is 0 Å². The largest absolute Gasteiger partial charge is 0.349 e. The lowest BCUT2D eigenvalue weighted by Gasteiger charge is -1.95. The van der Waals surface area contributed by atoms with E-state index in [9.17, 15) is 0 Å². The van der Waals surface area contributed by atoms with Crippen LogP contribution < -0.4 is 0 Å². The molecule has 0 unspecified atom stereocenters. The average Bonchev–Trinajstić information content (AvgIpc) is 2.93. The Balaban J connectivity index is 1.76. The third-order valence-corrected chi connectivity index (χ3v) is 3.29. The summed E-state index contributed by atoms with van der Waals surface area (Å²) in [4.78, 5) is 8.94. The molecule has 1 aromatic heterocycles. The maximum absolute atomic E-state index is 4.48. The molecule has 0 saturated heterocycles. The smallest absolute Gasteiger partial charge is 0.0630 e. The monoisotopic (exact) mass is 287 g/mol. The zero-order chi connectivity index (χ0) is 15.2. The molecule has 0 bridgehead atoms. The van der Waals surface area contributed by atoms with Crippen molar-refractivity contribution in [2.45, 2.75) is 0 Å². The van der Waals surface area contributed by atoms with Gasteiger partial charge in [-0.25, -0.2) is 0 Å². The van der Waals surface area contributed by atoms with E-state index in [0.717, 1.165) is 22.6 Å². The molecule has 1 heterocycles. The van der Waals surface area contributed by atoms with E-state index in [1.165, 1.54) is 0 Å². The number of benzene rings is 2. The molecule has 0 aliphatic heterocycles. The summed E-state index contributed by atoms with van der Waals surface area (Å²) in [6, 6.07) is 21.9. The van der Waals surface area contributed by atoms with Gasteiger partial charge in [0.15, 0.2) is 0 Å². The van der Waals surface area contributed by atoms with Gasteiger partial charge in [-0.05, 0) is 30.3 Å². The van der Waals surface area contributed by atoms with Gasteiger partial charge >= 0.3 is 0 Å². The van der Waals surface area contributed by atoms with Crippen molar-refractivity contribution in [1.82, 2.24) is 4.57 Å². The number of aryl methyl sites for hydroxylation is 1. The number of aliphatic imine (C=N–C) groups is 2. The minimum Gasteiger partial charge on any atom is -0.349 e. The summed E-state index contributed by atoms with van der Waals surface area (Å²) in [6.07, 6.45) is 5.78. The standard InChI is InChI=1S/C19H17N3/c1-22-15-16(13-20-17-8-4-2-5-9-17)12-19(22)14-21-18-10-6-3-7-11-18/h2-15H,1H3. The molecule has 3 heteroatoms. The Hall–Kier alpha value is -2.94. The lowest BCUT2D eigenvalue weighted by atomic mass is 10.3.